The Morgan fingerprint density at radius 1 is 1.11 bits per heavy atom. The van der Waals surface area contributed by atoms with Crippen LogP contribution in [0.5, 0.6) is 5.19 Å². The van der Waals surface area contributed by atoms with E-state index in [4.69, 9.17) is 4.74 Å². The molecule has 0 atom stereocenters. The average Bonchev–Trinajstić information content (AvgIpc) is 3.03. The first-order chi connectivity index (χ1) is 13.4. The molecule has 1 fully saturated rings. The van der Waals surface area contributed by atoms with E-state index >= 15 is 0 Å². The quantitative estimate of drug-likeness (QED) is 0.622. The molecule has 1 saturated heterocycles. The van der Waals surface area contributed by atoms with E-state index < -0.39 is 15.8 Å². The predicted molar refractivity (Wildman–Crippen MR) is 104 cm³/mol. The summed E-state index contributed by atoms with van der Waals surface area (Å²) in [4.78, 5) is 4.34. The second kappa shape index (κ2) is 7.73. The Kier molecular flexibility index (Phi) is 5.31. The molecule has 1 aromatic heterocycles. The van der Waals surface area contributed by atoms with Crippen molar-refractivity contribution in [2.75, 3.05) is 13.1 Å². The molecule has 1 aliphatic rings. The summed E-state index contributed by atoms with van der Waals surface area (Å²) in [6.45, 7) is 0.670. The maximum atomic E-state index is 13.3. The summed E-state index contributed by atoms with van der Waals surface area (Å²) in [6, 6.07) is 10.0. The Bertz CT molecular complexity index is 1090. The highest BCUT2D eigenvalue weighted by atomic mass is 32.2. The minimum Gasteiger partial charge on any atom is -0.467 e. The Balaban J connectivity index is 1.37. The van der Waals surface area contributed by atoms with Gasteiger partial charge in [-0.2, -0.15) is 0 Å². The lowest BCUT2D eigenvalue weighted by molar-refractivity contribution is 0.135. The second-order valence-corrected chi connectivity index (χ2v) is 9.66. The van der Waals surface area contributed by atoms with Gasteiger partial charge in [-0.05, 0) is 48.7 Å². The number of benzene rings is 2. The van der Waals surface area contributed by atoms with Gasteiger partial charge < -0.3 is 4.74 Å². The van der Waals surface area contributed by atoms with E-state index in [2.05, 4.69) is 4.98 Å². The number of sulfonamides is 1. The van der Waals surface area contributed by atoms with Gasteiger partial charge in [-0.1, -0.05) is 23.5 Å². The van der Waals surface area contributed by atoms with Crippen molar-refractivity contribution in [2.45, 2.75) is 24.7 Å². The van der Waals surface area contributed by atoms with Gasteiger partial charge in [0.15, 0.2) is 0 Å². The highest BCUT2D eigenvalue weighted by Gasteiger charge is 2.29. The van der Waals surface area contributed by atoms with Crippen LogP contribution in [0.4, 0.5) is 8.78 Å². The molecule has 1 aliphatic heterocycles. The molecular weight excluding hydrogens is 406 g/mol. The first-order valence-corrected chi connectivity index (χ1v) is 11.3. The van der Waals surface area contributed by atoms with E-state index in [0.29, 0.717) is 46.9 Å². The Hall–Kier alpha value is -2.10. The standard InChI is InChI=1S/C19H18F2N2O3S2/c20-14-3-1-2-13(10-14)12-28(24,25)23-8-6-16(7-9-23)26-19-22-17-5-4-15(21)11-18(17)27-19/h1-5,10-11,16H,6-9,12H2. The predicted octanol–water partition coefficient (Wildman–Crippen LogP) is 3.95. The van der Waals surface area contributed by atoms with Crippen molar-refractivity contribution in [1.82, 2.24) is 9.29 Å². The molecule has 0 spiro atoms. The van der Waals surface area contributed by atoms with E-state index in [9.17, 15) is 17.2 Å². The topological polar surface area (TPSA) is 59.5 Å². The molecule has 148 valence electrons. The average molecular weight is 424 g/mol. The van der Waals surface area contributed by atoms with Crippen LogP contribution in [-0.2, 0) is 15.8 Å². The molecule has 28 heavy (non-hydrogen) atoms. The summed E-state index contributed by atoms with van der Waals surface area (Å²) in [5.41, 5.74) is 1.11. The molecule has 0 aliphatic carbocycles. The first-order valence-electron chi connectivity index (χ1n) is 8.84. The number of piperidine rings is 1. The summed E-state index contributed by atoms with van der Waals surface area (Å²) in [7, 11) is -3.52. The third-order valence-electron chi connectivity index (χ3n) is 4.63. The van der Waals surface area contributed by atoms with Crippen molar-refractivity contribution >= 4 is 31.6 Å². The molecule has 0 saturated carbocycles. The van der Waals surface area contributed by atoms with Crippen LogP contribution in [0.1, 0.15) is 18.4 Å². The van der Waals surface area contributed by atoms with E-state index in [1.54, 1.807) is 12.1 Å². The van der Waals surface area contributed by atoms with Gasteiger partial charge in [0.2, 0.25) is 10.0 Å². The lowest BCUT2D eigenvalue weighted by atomic mass is 10.1. The van der Waals surface area contributed by atoms with E-state index in [-0.39, 0.29) is 17.7 Å². The normalized spacial score (nSPS) is 16.5. The molecule has 5 nitrogen and oxygen atoms in total. The van der Waals surface area contributed by atoms with Crippen molar-refractivity contribution in [3.8, 4) is 5.19 Å². The monoisotopic (exact) mass is 424 g/mol. The van der Waals surface area contributed by atoms with Crippen LogP contribution >= 0.6 is 11.3 Å². The first kappa shape index (κ1) is 19.2. The molecule has 2 heterocycles. The fourth-order valence-electron chi connectivity index (χ4n) is 3.23. The molecule has 4 rings (SSSR count). The number of halogens is 2. The fourth-order valence-corrected chi connectivity index (χ4v) is 5.68. The number of hydrogen-bond acceptors (Lipinski definition) is 5. The van der Waals surface area contributed by atoms with Crippen LogP contribution in [0.15, 0.2) is 42.5 Å². The van der Waals surface area contributed by atoms with Crippen molar-refractivity contribution in [3.63, 3.8) is 0 Å². The number of rotatable bonds is 5. The van der Waals surface area contributed by atoms with Crippen LogP contribution < -0.4 is 4.74 Å². The second-order valence-electron chi connectivity index (χ2n) is 6.69. The summed E-state index contributed by atoms with van der Waals surface area (Å²) in [5, 5.41) is 0.460. The third kappa shape index (κ3) is 4.31. The van der Waals surface area contributed by atoms with Crippen LogP contribution in [0, 0.1) is 11.6 Å². The zero-order valence-electron chi connectivity index (χ0n) is 14.8. The maximum absolute atomic E-state index is 13.3. The van der Waals surface area contributed by atoms with Gasteiger partial charge >= 0.3 is 0 Å². The summed E-state index contributed by atoms with van der Waals surface area (Å²) in [5.74, 6) is -0.991. The Morgan fingerprint density at radius 3 is 2.61 bits per heavy atom. The van der Waals surface area contributed by atoms with Crippen molar-refractivity contribution in [1.29, 1.82) is 0 Å². The highest BCUT2D eigenvalue weighted by molar-refractivity contribution is 7.88. The number of thiazole rings is 1. The minimum absolute atomic E-state index is 0.147. The van der Waals surface area contributed by atoms with Crippen LogP contribution in [0.25, 0.3) is 10.2 Å². The summed E-state index contributed by atoms with van der Waals surface area (Å²) < 4.78 is 59.8. The van der Waals surface area contributed by atoms with Gasteiger partial charge in [0.25, 0.3) is 5.19 Å². The number of hydrogen-bond donors (Lipinski definition) is 0. The molecule has 0 amide bonds. The van der Waals surface area contributed by atoms with Gasteiger partial charge in [-0.3, -0.25) is 0 Å². The Morgan fingerprint density at radius 2 is 1.86 bits per heavy atom. The van der Waals surface area contributed by atoms with Gasteiger partial charge in [0.1, 0.15) is 17.7 Å². The van der Waals surface area contributed by atoms with Crippen LogP contribution in [0.3, 0.4) is 0 Å². The molecular formula is C19H18F2N2O3S2. The van der Waals surface area contributed by atoms with Crippen LogP contribution in [-0.4, -0.2) is 36.9 Å². The van der Waals surface area contributed by atoms with Gasteiger partial charge in [-0.25, -0.2) is 26.5 Å². The van der Waals surface area contributed by atoms with E-state index in [0.717, 1.165) is 0 Å². The summed E-state index contributed by atoms with van der Waals surface area (Å²) in [6.07, 6.45) is 0.922. The Labute approximate surface area is 165 Å². The summed E-state index contributed by atoms with van der Waals surface area (Å²) >= 11 is 1.27. The number of nitrogens with zero attached hydrogens (tertiary/aromatic N) is 2. The highest BCUT2D eigenvalue weighted by Crippen LogP contribution is 2.30. The zero-order chi connectivity index (χ0) is 19.7. The molecule has 2 aromatic carbocycles. The van der Waals surface area contributed by atoms with Crippen molar-refractivity contribution in [2.24, 2.45) is 0 Å². The molecule has 3 aromatic rings. The van der Waals surface area contributed by atoms with Crippen LogP contribution in [0.2, 0.25) is 0 Å². The number of fused-ring (bicyclic) bond motifs is 1. The van der Waals surface area contributed by atoms with Crippen molar-refractivity contribution < 1.29 is 21.9 Å². The molecule has 0 bridgehead atoms. The van der Waals surface area contributed by atoms with Gasteiger partial charge in [-0.15, -0.1) is 0 Å². The minimum atomic E-state index is -3.52. The number of aromatic nitrogens is 1. The molecule has 9 heteroatoms. The molecule has 0 unspecified atom stereocenters. The molecule has 0 N–H and O–H groups in total. The zero-order valence-corrected chi connectivity index (χ0v) is 16.5. The van der Waals surface area contributed by atoms with Crippen molar-refractivity contribution in [3.05, 3.63) is 59.7 Å². The SMILES string of the molecule is O=S(=O)(Cc1cccc(F)c1)N1CCC(Oc2nc3ccc(F)cc3s2)CC1. The number of ether oxygens (including phenoxy) is 1. The van der Waals surface area contributed by atoms with Gasteiger partial charge in [0, 0.05) is 13.1 Å². The fraction of sp³-hybridized carbons (Fsp3) is 0.316. The molecule has 0 radical (unpaired) electrons. The maximum Gasteiger partial charge on any atom is 0.274 e. The largest absolute Gasteiger partial charge is 0.467 e. The lowest BCUT2D eigenvalue weighted by Gasteiger charge is -2.30. The lowest BCUT2D eigenvalue weighted by Crippen LogP contribution is -2.42. The van der Waals surface area contributed by atoms with E-state index in [1.807, 2.05) is 0 Å². The van der Waals surface area contributed by atoms with Gasteiger partial charge in [0.05, 0.1) is 16.0 Å². The van der Waals surface area contributed by atoms with E-state index in [1.165, 1.54) is 46.0 Å². The third-order valence-corrected chi connectivity index (χ3v) is 7.39. The smallest absolute Gasteiger partial charge is 0.274 e.